The van der Waals surface area contributed by atoms with Gasteiger partial charge in [-0.1, -0.05) is 0 Å². The van der Waals surface area contributed by atoms with Crippen molar-refractivity contribution < 1.29 is 9.47 Å². The van der Waals surface area contributed by atoms with E-state index in [1.807, 2.05) is 24.3 Å². The van der Waals surface area contributed by atoms with Crippen LogP contribution in [-0.2, 0) is 4.74 Å². The molecule has 0 aromatic heterocycles. The van der Waals surface area contributed by atoms with Crippen LogP contribution in [0.1, 0.15) is 5.56 Å². The summed E-state index contributed by atoms with van der Waals surface area (Å²) in [7, 11) is 0. The van der Waals surface area contributed by atoms with Gasteiger partial charge in [0.25, 0.3) is 0 Å². The molecular weight excluding hydrogens is 230 g/mol. The van der Waals surface area contributed by atoms with E-state index in [1.165, 1.54) is 0 Å². The van der Waals surface area contributed by atoms with Gasteiger partial charge in [-0.3, -0.25) is 4.90 Å². The molecule has 0 saturated carbocycles. The van der Waals surface area contributed by atoms with Gasteiger partial charge in [0.2, 0.25) is 0 Å². The number of rotatable bonds is 5. The van der Waals surface area contributed by atoms with Crippen LogP contribution in [0.3, 0.4) is 0 Å². The van der Waals surface area contributed by atoms with E-state index in [2.05, 4.69) is 10.0 Å². The van der Waals surface area contributed by atoms with E-state index in [4.69, 9.17) is 15.3 Å². The Kier molecular flexibility index (Phi) is 4.99. The molecular formula is C13H19N3O2. The second-order valence-corrected chi connectivity index (χ2v) is 4.15. The van der Waals surface area contributed by atoms with Gasteiger partial charge in [-0.15, -0.1) is 0 Å². The predicted molar refractivity (Wildman–Crippen MR) is 71.0 cm³/mol. The highest BCUT2D eigenvalue weighted by Gasteiger charge is 2.09. The Morgan fingerprint density at radius 1 is 1.28 bits per heavy atom. The Labute approximate surface area is 107 Å². The fourth-order valence-electron chi connectivity index (χ4n) is 1.85. The average Bonchev–Trinajstić information content (AvgIpc) is 2.42. The molecule has 0 spiro atoms. The maximum Gasteiger partial charge on any atom is 0.119 e. The predicted octanol–water partition coefficient (Wildman–Crippen LogP) is 0.690. The summed E-state index contributed by atoms with van der Waals surface area (Å²) in [4.78, 5) is 2.35. The van der Waals surface area contributed by atoms with E-state index < -0.39 is 0 Å². The number of nitrogens with two attached hydrogens (primary N) is 1. The smallest absolute Gasteiger partial charge is 0.119 e. The zero-order valence-electron chi connectivity index (χ0n) is 10.4. The maximum absolute atomic E-state index is 5.68. The molecule has 0 unspecified atom stereocenters. The highest BCUT2D eigenvalue weighted by molar-refractivity contribution is 5.79. The first kappa shape index (κ1) is 12.9. The number of nitrogens with zero attached hydrogens (tertiary/aromatic N) is 2. The van der Waals surface area contributed by atoms with Crippen molar-refractivity contribution in [1.29, 1.82) is 0 Å². The summed E-state index contributed by atoms with van der Waals surface area (Å²) in [6.07, 6.45) is 1.61. The zero-order valence-corrected chi connectivity index (χ0v) is 10.4. The normalized spacial score (nSPS) is 17.1. The van der Waals surface area contributed by atoms with Crippen LogP contribution in [0.5, 0.6) is 5.75 Å². The van der Waals surface area contributed by atoms with E-state index in [1.54, 1.807) is 6.21 Å². The van der Waals surface area contributed by atoms with Gasteiger partial charge in [0.15, 0.2) is 0 Å². The molecule has 0 bridgehead atoms. The van der Waals surface area contributed by atoms with Gasteiger partial charge in [-0.2, -0.15) is 5.10 Å². The third-order valence-corrected chi connectivity index (χ3v) is 2.88. The molecule has 2 N–H and O–H groups in total. The van der Waals surface area contributed by atoms with Crippen LogP contribution < -0.4 is 10.6 Å². The Bertz CT molecular complexity index is 372. The molecule has 1 fully saturated rings. The Morgan fingerprint density at radius 2 is 2.00 bits per heavy atom. The summed E-state index contributed by atoms with van der Waals surface area (Å²) in [6, 6.07) is 7.72. The molecule has 5 nitrogen and oxygen atoms in total. The second kappa shape index (κ2) is 6.98. The monoisotopic (exact) mass is 249 g/mol. The Morgan fingerprint density at radius 3 is 2.67 bits per heavy atom. The quantitative estimate of drug-likeness (QED) is 0.474. The number of morpholine rings is 1. The summed E-state index contributed by atoms with van der Waals surface area (Å²) in [5, 5.41) is 3.47. The average molecular weight is 249 g/mol. The van der Waals surface area contributed by atoms with E-state index in [0.717, 1.165) is 44.2 Å². The van der Waals surface area contributed by atoms with Crippen LogP contribution in [0, 0.1) is 0 Å². The molecule has 1 aliphatic rings. The van der Waals surface area contributed by atoms with Gasteiger partial charge in [0, 0.05) is 19.6 Å². The molecule has 5 heteroatoms. The minimum Gasteiger partial charge on any atom is -0.492 e. The highest BCUT2D eigenvalue weighted by atomic mass is 16.5. The number of hydrazone groups is 1. The fourth-order valence-corrected chi connectivity index (χ4v) is 1.85. The summed E-state index contributed by atoms with van der Waals surface area (Å²) in [5.41, 5.74) is 0.970. The Hall–Kier alpha value is -1.59. The first-order chi connectivity index (χ1) is 8.88. The molecule has 0 radical (unpaired) electrons. The summed E-state index contributed by atoms with van der Waals surface area (Å²) >= 11 is 0. The molecule has 1 heterocycles. The van der Waals surface area contributed by atoms with Gasteiger partial charge in [0.1, 0.15) is 12.4 Å². The fraction of sp³-hybridized carbons (Fsp3) is 0.462. The topological polar surface area (TPSA) is 60.1 Å². The van der Waals surface area contributed by atoms with E-state index in [0.29, 0.717) is 6.61 Å². The molecule has 98 valence electrons. The van der Waals surface area contributed by atoms with Crippen molar-refractivity contribution in [2.24, 2.45) is 10.9 Å². The van der Waals surface area contributed by atoms with Gasteiger partial charge < -0.3 is 15.3 Å². The first-order valence-electron chi connectivity index (χ1n) is 6.15. The standard InChI is InChI=1S/C13H19N3O2/c14-15-11-12-1-3-13(4-2-12)18-10-7-16-5-8-17-9-6-16/h1-4,11H,5-10,14H2. The van der Waals surface area contributed by atoms with Crippen molar-refractivity contribution in [3.05, 3.63) is 29.8 Å². The number of benzene rings is 1. The molecule has 0 atom stereocenters. The first-order valence-corrected chi connectivity index (χ1v) is 6.15. The van der Waals surface area contributed by atoms with Crippen LogP contribution in [0.25, 0.3) is 0 Å². The summed E-state index contributed by atoms with van der Waals surface area (Å²) in [6.45, 7) is 5.28. The summed E-state index contributed by atoms with van der Waals surface area (Å²) in [5.74, 6) is 5.96. The second-order valence-electron chi connectivity index (χ2n) is 4.15. The molecule has 0 amide bonds. The van der Waals surface area contributed by atoms with E-state index in [-0.39, 0.29) is 0 Å². The largest absolute Gasteiger partial charge is 0.492 e. The molecule has 1 aromatic rings. The lowest BCUT2D eigenvalue weighted by Gasteiger charge is -2.26. The van der Waals surface area contributed by atoms with Crippen LogP contribution in [0.15, 0.2) is 29.4 Å². The van der Waals surface area contributed by atoms with Crippen molar-refractivity contribution in [2.45, 2.75) is 0 Å². The number of hydrogen-bond acceptors (Lipinski definition) is 5. The third kappa shape index (κ3) is 4.01. The Balaban J connectivity index is 1.72. The van der Waals surface area contributed by atoms with Crippen molar-refractivity contribution in [2.75, 3.05) is 39.5 Å². The number of hydrogen-bond donors (Lipinski definition) is 1. The number of ether oxygens (including phenoxy) is 2. The van der Waals surface area contributed by atoms with Gasteiger partial charge in [-0.05, 0) is 29.8 Å². The van der Waals surface area contributed by atoms with Crippen LogP contribution >= 0.6 is 0 Å². The molecule has 2 rings (SSSR count). The molecule has 18 heavy (non-hydrogen) atoms. The van der Waals surface area contributed by atoms with Crippen molar-refractivity contribution in [3.63, 3.8) is 0 Å². The van der Waals surface area contributed by atoms with Crippen LogP contribution in [-0.4, -0.2) is 50.6 Å². The van der Waals surface area contributed by atoms with Gasteiger partial charge in [-0.25, -0.2) is 0 Å². The SMILES string of the molecule is NN=Cc1ccc(OCCN2CCOCC2)cc1. The van der Waals surface area contributed by atoms with E-state index >= 15 is 0 Å². The minimum absolute atomic E-state index is 0.699. The van der Waals surface area contributed by atoms with Crippen LogP contribution in [0.2, 0.25) is 0 Å². The van der Waals surface area contributed by atoms with E-state index in [9.17, 15) is 0 Å². The summed E-state index contributed by atoms with van der Waals surface area (Å²) < 4.78 is 11.0. The van der Waals surface area contributed by atoms with Crippen molar-refractivity contribution in [3.8, 4) is 5.75 Å². The van der Waals surface area contributed by atoms with Crippen LogP contribution in [0.4, 0.5) is 0 Å². The van der Waals surface area contributed by atoms with Gasteiger partial charge in [0.05, 0.1) is 19.4 Å². The molecule has 1 saturated heterocycles. The third-order valence-electron chi connectivity index (χ3n) is 2.88. The maximum atomic E-state index is 5.68. The lowest BCUT2D eigenvalue weighted by atomic mass is 10.2. The minimum atomic E-state index is 0.699. The molecule has 1 aliphatic heterocycles. The zero-order chi connectivity index (χ0) is 12.6. The highest BCUT2D eigenvalue weighted by Crippen LogP contribution is 2.11. The van der Waals surface area contributed by atoms with Crippen molar-refractivity contribution in [1.82, 2.24) is 4.90 Å². The lowest BCUT2D eigenvalue weighted by Crippen LogP contribution is -2.38. The lowest BCUT2D eigenvalue weighted by molar-refractivity contribution is 0.0322. The van der Waals surface area contributed by atoms with Crippen molar-refractivity contribution >= 4 is 6.21 Å². The van der Waals surface area contributed by atoms with Gasteiger partial charge >= 0.3 is 0 Å². The molecule has 0 aliphatic carbocycles. The molecule has 1 aromatic carbocycles.